The van der Waals surface area contributed by atoms with E-state index >= 15 is 0 Å². The van der Waals surface area contributed by atoms with Crippen molar-refractivity contribution >= 4 is 28.4 Å². The molecule has 1 aliphatic rings. The van der Waals surface area contributed by atoms with Crippen molar-refractivity contribution in [1.82, 2.24) is 4.57 Å². The molecule has 2 nitrogen and oxygen atoms in total. The van der Waals surface area contributed by atoms with E-state index in [0.717, 1.165) is 11.8 Å². The number of aryl methyl sites for hydroxylation is 1. The van der Waals surface area contributed by atoms with Gasteiger partial charge in [-0.3, -0.25) is 0 Å². The van der Waals surface area contributed by atoms with Crippen LogP contribution in [0.25, 0.3) is 10.9 Å². The molecule has 2 aromatic rings. The van der Waals surface area contributed by atoms with Crippen LogP contribution in [0.1, 0.15) is 12.8 Å². The first-order chi connectivity index (χ1) is 8.33. The van der Waals surface area contributed by atoms with Crippen molar-refractivity contribution in [1.29, 1.82) is 0 Å². The minimum atomic E-state index is 0.807. The molecule has 1 fully saturated rings. The van der Waals surface area contributed by atoms with Gasteiger partial charge in [0.2, 0.25) is 0 Å². The van der Waals surface area contributed by atoms with Crippen LogP contribution in [0.5, 0.6) is 0 Å². The SMILES string of the molecule is Cn1ccc2cc(NCC3CCCS3)ccc21. The largest absolute Gasteiger partial charge is 0.384 e. The van der Waals surface area contributed by atoms with E-state index < -0.39 is 0 Å². The Bertz CT molecular complexity index is 512. The average molecular weight is 246 g/mol. The second kappa shape index (κ2) is 4.65. The summed E-state index contributed by atoms with van der Waals surface area (Å²) in [5, 5.41) is 5.68. The molecule has 1 aliphatic heterocycles. The zero-order chi connectivity index (χ0) is 11.7. The maximum atomic E-state index is 3.56. The van der Waals surface area contributed by atoms with Gasteiger partial charge in [-0.05, 0) is 42.9 Å². The van der Waals surface area contributed by atoms with E-state index in [1.807, 2.05) is 0 Å². The Morgan fingerprint density at radius 3 is 3.18 bits per heavy atom. The summed E-state index contributed by atoms with van der Waals surface area (Å²) < 4.78 is 2.16. The van der Waals surface area contributed by atoms with Crippen molar-refractivity contribution in [3.05, 3.63) is 30.5 Å². The Balaban J connectivity index is 1.72. The summed E-state index contributed by atoms with van der Waals surface area (Å²) in [6, 6.07) is 8.79. The number of hydrogen-bond acceptors (Lipinski definition) is 2. The summed E-state index contributed by atoms with van der Waals surface area (Å²) >= 11 is 2.10. The molecule has 0 amide bonds. The predicted octanol–water partition coefficient (Wildman–Crippen LogP) is 3.49. The highest BCUT2D eigenvalue weighted by molar-refractivity contribution is 8.00. The van der Waals surface area contributed by atoms with Crippen LogP contribution in [0, 0.1) is 0 Å². The van der Waals surface area contributed by atoms with E-state index in [-0.39, 0.29) is 0 Å². The maximum absolute atomic E-state index is 3.56. The zero-order valence-corrected chi connectivity index (χ0v) is 11.0. The number of rotatable bonds is 3. The third-order valence-corrected chi connectivity index (χ3v) is 4.84. The van der Waals surface area contributed by atoms with E-state index in [2.05, 4.69) is 59.2 Å². The van der Waals surface area contributed by atoms with Gasteiger partial charge < -0.3 is 9.88 Å². The predicted molar refractivity (Wildman–Crippen MR) is 76.9 cm³/mol. The summed E-state index contributed by atoms with van der Waals surface area (Å²) in [5.41, 5.74) is 2.54. The van der Waals surface area contributed by atoms with Gasteiger partial charge in [-0.2, -0.15) is 11.8 Å². The maximum Gasteiger partial charge on any atom is 0.0479 e. The first-order valence-corrected chi connectivity index (χ1v) is 7.28. The Labute approximate surface area is 106 Å². The van der Waals surface area contributed by atoms with Gasteiger partial charge in [0.25, 0.3) is 0 Å². The molecule has 1 aromatic heterocycles. The van der Waals surface area contributed by atoms with E-state index in [9.17, 15) is 0 Å². The quantitative estimate of drug-likeness (QED) is 0.893. The second-order valence-corrected chi connectivity index (χ2v) is 6.12. The fourth-order valence-corrected chi connectivity index (χ4v) is 3.63. The van der Waals surface area contributed by atoms with Crippen molar-refractivity contribution in [3.63, 3.8) is 0 Å². The van der Waals surface area contributed by atoms with Crippen LogP contribution in [0.15, 0.2) is 30.5 Å². The van der Waals surface area contributed by atoms with Gasteiger partial charge in [0, 0.05) is 41.6 Å². The molecule has 17 heavy (non-hydrogen) atoms. The molecule has 0 spiro atoms. The van der Waals surface area contributed by atoms with Crippen molar-refractivity contribution in [2.45, 2.75) is 18.1 Å². The molecule has 3 heteroatoms. The summed E-state index contributed by atoms with van der Waals surface area (Å²) in [5.74, 6) is 1.34. The Hall–Kier alpha value is -1.09. The van der Waals surface area contributed by atoms with Crippen LogP contribution in [0.4, 0.5) is 5.69 Å². The van der Waals surface area contributed by atoms with E-state index in [0.29, 0.717) is 0 Å². The number of fused-ring (bicyclic) bond motifs is 1. The molecule has 0 saturated carbocycles. The topological polar surface area (TPSA) is 17.0 Å². The van der Waals surface area contributed by atoms with E-state index in [1.54, 1.807) is 0 Å². The highest BCUT2D eigenvalue weighted by Gasteiger charge is 2.14. The Kier molecular flexibility index (Phi) is 3.02. The Morgan fingerprint density at radius 2 is 2.35 bits per heavy atom. The van der Waals surface area contributed by atoms with Crippen LogP contribution >= 0.6 is 11.8 Å². The summed E-state index contributed by atoms with van der Waals surface area (Å²) in [7, 11) is 2.09. The van der Waals surface area contributed by atoms with Crippen LogP contribution in [-0.2, 0) is 7.05 Å². The summed E-state index contributed by atoms with van der Waals surface area (Å²) in [4.78, 5) is 0. The number of hydrogen-bond donors (Lipinski definition) is 1. The lowest BCUT2D eigenvalue weighted by Gasteiger charge is -2.11. The molecule has 3 rings (SSSR count). The standard InChI is InChI=1S/C14H18N2S/c1-16-7-6-11-9-12(4-5-14(11)16)15-10-13-3-2-8-17-13/h4-7,9,13,15H,2-3,8,10H2,1H3. The van der Waals surface area contributed by atoms with Crippen LogP contribution in [0.3, 0.4) is 0 Å². The van der Waals surface area contributed by atoms with Crippen LogP contribution in [-0.4, -0.2) is 22.1 Å². The monoisotopic (exact) mass is 246 g/mol. The zero-order valence-electron chi connectivity index (χ0n) is 10.1. The van der Waals surface area contributed by atoms with Crippen LogP contribution < -0.4 is 5.32 Å². The minimum absolute atomic E-state index is 0.807. The molecule has 1 N–H and O–H groups in total. The number of anilines is 1. The number of nitrogens with one attached hydrogen (secondary N) is 1. The number of aromatic nitrogens is 1. The normalized spacial score (nSPS) is 19.9. The van der Waals surface area contributed by atoms with Gasteiger partial charge in [-0.15, -0.1) is 0 Å². The van der Waals surface area contributed by atoms with Crippen LogP contribution in [0.2, 0.25) is 0 Å². The average Bonchev–Trinajstić information content (AvgIpc) is 2.97. The molecular formula is C14H18N2S. The van der Waals surface area contributed by atoms with Crippen molar-refractivity contribution in [3.8, 4) is 0 Å². The van der Waals surface area contributed by atoms with Gasteiger partial charge in [-0.1, -0.05) is 0 Å². The van der Waals surface area contributed by atoms with Crippen molar-refractivity contribution in [2.24, 2.45) is 7.05 Å². The minimum Gasteiger partial charge on any atom is -0.384 e. The molecule has 2 heterocycles. The third kappa shape index (κ3) is 2.29. The van der Waals surface area contributed by atoms with E-state index in [1.165, 1.54) is 35.2 Å². The number of nitrogens with zero attached hydrogens (tertiary/aromatic N) is 1. The first kappa shape index (κ1) is 11.0. The lowest BCUT2D eigenvalue weighted by molar-refractivity contribution is 0.805. The molecule has 1 atom stereocenters. The lowest BCUT2D eigenvalue weighted by Crippen LogP contribution is -2.13. The number of thioether (sulfide) groups is 1. The molecule has 1 unspecified atom stereocenters. The molecule has 1 saturated heterocycles. The highest BCUT2D eigenvalue weighted by atomic mass is 32.2. The Morgan fingerprint density at radius 1 is 1.41 bits per heavy atom. The van der Waals surface area contributed by atoms with Gasteiger partial charge in [0.1, 0.15) is 0 Å². The molecule has 0 bridgehead atoms. The lowest BCUT2D eigenvalue weighted by atomic mass is 10.2. The summed E-state index contributed by atoms with van der Waals surface area (Å²) in [6.45, 7) is 1.10. The van der Waals surface area contributed by atoms with Gasteiger partial charge in [0.05, 0.1) is 0 Å². The van der Waals surface area contributed by atoms with Gasteiger partial charge in [0.15, 0.2) is 0 Å². The molecule has 0 radical (unpaired) electrons. The third-order valence-electron chi connectivity index (χ3n) is 3.44. The fraction of sp³-hybridized carbons (Fsp3) is 0.429. The first-order valence-electron chi connectivity index (χ1n) is 6.23. The molecule has 90 valence electrons. The number of benzene rings is 1. The summed E-state index contributed by atoms with van der Waals surface area (Å²) in [6.07, 6.45) is 4.86. The van der Waals surface area contributed by atoms with Gasteiger partial charge >= 0.3 is 0 Å². The van der Waals surface area contributed by atoms with Gasteiger partial charge in [-0.25, -0.2) is 0 Å². The fourth-order valence-electron chi connectivity index (χ4n) is 2.43. The second-order valence-electron chi connectivity index (χ2n) is 4.72. The van der Waals surface area contributed by atoms with E-state index in [4.69, 9.17) is 0 Å². The smallest absolute Gasteiger partial charge is 0.0479 e. The highest BCUT2D eigenvalue weighted by Crippen LogP contribution is 2.27. The molecular weight excluding hydrogens is 228 g/mol. The van der Waals surface area contributed by atoms with Crippen molar-refractivity contribution < 1.29 is 0 Å². The van der Waals surface area contributed by atoms with Crippen molar-refractivity contribution in [2.75, 3.05) is 17.6 Å². The molecule has 1 aromatic carbocycles. The molecule has 0 aliphatic carbocycles.